The second kappa shape index (κ2) is 7.17. The Morgan fingerprint density at radius 1 is 0.931 bits per heavy atom. The van der Waals surface area contributed by atoms with E-state index in [-0.39, 0.29) is 23.9 Å². The van der Waals surface area contributed by atoms with Gasteiger partial charge >= 0.3 is 0 Å². The van der Waals surface area contributed by atoms with Gasteiger partial charge in [0.1, 0.15) is 6.54 Å². The Hall–Kier alpha value is -3.47. The van der Waals surface area contributed by atoms with E-state index in [1.54, 1.807) is 12.4 Å². The molecule has 1 atom stereocenters. The summed E-state index contributed by atoms with van der Waals surface area (Å²) in [6, 6.07) is 19.1. The minimum absolute atomic E-state index is 0.00994. The van der Waals surface area contributed by atoms with E-state index >= 15 is 0 Å². The highest BCUT2D eigenvalue weighted by Gasteiger charge is 2.30. The molecular weight excluding hydrogens is 362 g/mol. The maximum Gasteiger partial charge on any atom is 0.243 e. The molecule has 144 valence electrons. The number of hydrogen-bond donors (Lipinski definition) is 0. The van der Waals surface area contributed by atoms with E-state index in [4.69, 9.17) is 0 Å². The molecule has 1 aliphatic rings. The molecule has 2 aromatic carbocycles. The largest absolute Gasteiger partial charge is 0.334 e. The monoisotopic (exact) mass is 383 g/mol. The first-order chi connectivity index (χ1) is 14.2. The Labute approximate surface area is 168 Å². The summed E-state index contributed by atoms with van der Waals surface area (Å²) < 4.78 is 1.98. The summed E-state index contributed by atoms with van der Waals surface area (Å²) in [6.07, 6.45) is 5.50. The topological polar surface area (TPSA) is 55.2 Å². The van der Waals surface area contributed by atoms with Crippen molar-refractivity contribution >= 4 is 27.7 Å². The fraction of sp³-hybridized carbons (Fsp3) is 0.208. The first-order valence-corrected chi connectivity index (χ1v) is 9.94. The number of pyridine rings is 2. The van der Waals surface area contributed by atoms with Crippen LogP contribution in [0.5, 0.6) is 0 Å². The molecule has 0 aliphatic carbocycles. The van der Waals surface area contributed by atoms with E-state index in [9.17, 15) is 9.59 Å². The van der Waals surface area contributed by atoms with Crippen LogP contribution in [0.3, 0.4) is 0 Å². The van der Waals surface area contributed by atoms with Crippen molar-refractivity contribution < 1.29 is 4.79 Å². The molecular formula is C24H21N3O2. The van der Waals surface area contributed by atoms with Gasteiger partial charge in [0.2, 0.25) is 5.91 Å². The molecule has 4 aromatic rings. The molecule has 0 bridgehead atoms. The van der Waals surface area contributed by atoms with E-state index in [0.717, 1.165) is 36.0 Å². The van der Waals surface area contributed by atoms with Crippen molar-refractivity contribution in [3.63, 3.8) is 0 Å². The lowest BCUT2D eigenvalue weighted by molar-refractivity contribution is -0.132. The van der Waals surface area contributed by atoms with E-state index in [0.29, 0.717) is 10.8 Å². The van der Waals surface area contributed by atoms with Crippen molar-refractivity contribution in [3.8, 4) is 0 Å². The lowest BCUT2D eigenvalue weighted by atomic mass is 10.1. The summed E-state index contributed by atoms with van der Waals surface area (Å²) in [5.74, 6) is 0.0725. The predicted molar refractivity (Wildman–Crippen MR) is 114 cm³/mol. The minimum Gasteiger partial charge on any atom is -0.334 e. The van der Waals surface area contributed by atoms with E-state index in [1.165, 1.54) is 0 Å². The summed E-state index contributed by atoms with van der Waals surface area (Å²) in [4.78, 5) is 32.3. The molecule has 2 aromatic heterocycles. The average Bonchev–Trinajstić information content (AvgIpc) is 3.27. The summed E-state index contributed by atoms with van der Waals surface area (Å²) in [5, 5.41) is 1.29. The van der Waals surface area contributed by atoms with Gasteiger partial charge in [-0.3, -0.25) is 14.6 Å². The molecule has 1 amide bonds. The van der Waals surface area contributed by atoms with Gasteiger partial charge in [0.15, 0.2) is 5.43 Å². The number of para-hydroxylation sites is 2. The van der Waals surface area contributed by atoms with Gasteiger partial charge in [-0.2, -0.15) is 0 Å². The normalized spacial score (nSPS) is 16.6. The Bertz CT molecular complexity index is 1200. The zero-order valence-electron chi connectivity index (χ0n) is 16.0. The van der Waals surface area contributed by atoms with Gasteiger partial charge in [-0.15, -0.1) is 0 Å². The van der Waals surface area contributed by atoms with Crippen LogP contribution in [0.1, 0.15) is 24.4 Å². The number of rotatable bonds is 3. The van der Waals surface area contributed by atoms with E-state index < -0.39 is 0 Å². The quantitative estimate of drug-likeness (QED) is 0.504. The SMILES string of the molecule is O=C(Cn1c2ccccc2c(=O)c2ccccc21)N1CCC[C@H]1c1ccncc1. The number of carbonyl (C=O) groups is 1. The lowest BCUT2D eigenvalue weighted by Gasteiger charge is -2.26. The fourth-order valence-corrected chi connectivity index (χ4v) is 4.47. The zero-order chi connectivity index (χ0) is 19.8. The van der Waals surface area contributed by atoms with Crippen molar-refractivity contribution in [1.29, 1.82) is 0 Å². The van der Waals surface area contributed by atoms with Gasteiger partial charge in [-0.05, 0) is 54.8 Å². The second-order valence-corrected chi connectivity index (χ2v) is 7.48. The summed E-state index contributed by atoms with van der Waals surface area (Å²) >= 11 is 0. The number of carbonyl (C=O) groups excluding carboxylic acids is 1. The Balaban J connectivity index is 1.59. The summed E-state index contributed by atoms with van der Waals surface area (Å²) in [6.45, 7) is 0.963. The van der Waals surface area contributed by atoms with Crippen molar-refractivity contribution in [2.24, 2.45) is 0 Å². The average molecular weight is 383 g/mol. The van der Waals surface area contributed by atoms with Crippen LogP contribution >= 0.6 is 0 Å². The van der Waals surface area contributed by atoms with Crippen LogP contribution in [0.4, 0.5) is 0 Å². The first-order valence-electron chi connectivity index (χ1n) is 9.94. The highest BCUT2D eigenvalue weighted by atomic mass is 16.2. The molecule has 29 heavy (non-hydrogen) atoms. The van der Waals surface area contributed by atoms with Crippen LogP contribution < -0.4 is 5.43 Å². The highest BCUT2D eigenvalue weighted by molar-refractivity contribution is 5.94. The standard InChI is InChI=1S/C24H21N3O2/c28-23(26-15-5-10-20(26)17-11-13-25-14-12-17)16-27-21-8-3-1-6-18(21)24(29)19-7-2-4-9-22(19)27/h1-4,6-9,11-14,20H,5,10,15-16H2/t20-/m0/s1. The van der Waals surface area contributed by atoms with E-state index in [2.05, 4.69) is 4.98 Å². The van der Waals surface area contributed by atoms with Gasteiger partial charge in [0.05, 0.1) is 17.1 Å². The van der Waals surface area contributed by atoms with Crippen LogP contribution in [-0.2, 0) is 11.3 Å². The first kappa shape index (κ1) is 17.6. The Morgan fingerprint density at radius 3 is 2.21 bits per heavy atom. The summed E-state index contributed by atoms with van der Waals surface area (Å²) in [7, 11) is 0. The van der Waals surface area contributed by atoms with Gasteiger partial charge in [0.25, 0.3) is 0 Å². The number of fused-ring (bicyclic) bond motifs is 2. The molecule has 5 rings (SSSR count). The Morgan fingerprint density at radius 2 is 1.55 bits per heavy atom. The van der Waals surface area contributed by atoms with Crippen molar-refractivity contribution in [2.75, 3.05) is 6.54 Å². The molecule has 0 spiro atoms. The zero-order valence-corrected chi connectivity index (χ0v) is 16.0. The number of likely N-dealkylation sites (tertiary alicyclic amines) is 1. The van der Waals surface area contributed by atoms with Crippen LogP contribution in [0, 0.1) is 0 Å². The molecule has 0 radical (unpaired) electrons. The molecule has 3 heterocycles. The molecule has 5 nitrogen and oxygen atoms in total. The molecule has 1 aliphatic heterocycles. The molecule has 0 saturated carbocycles. The molecule has 0 unspecified atom stereocenters. The molecule has 0 N–H and O–H groups in total. The number of benzene rings is 2. The summed E-state index contributed by atoms with van der Waals surface area (Å²) in [5.41, 5.74) is 2.73. The van der Waals surface area contributed by atoms with Crippen LogP contribution in [0.25, 0.3) is 21.8 Å². The minimum atomic E-state index is 0.00994. The van der Waals surface area contributed by atoms with Gasteiger partial charge < -0.3 is 9.47 Å². The van der Waals surface area contributed by atoms with Crippen LogP contribution in [0.15, 0.2) is 77.9 Å². The van der Waals surface area contributed by atoms with Crippen molar-refractivity contribution in [3.05, 3.63) is 88.8 Å². The maximum atomic E-state index is 13.4. The van der Waals surface area contributed by atoms with Gasteiger partial charge in [-0.25, -0.2) is 0 Å². The number of amides is 1. The third kappa shape index (κ3) is 2.99. The predicted octanol–water partition coefficient (Wildman–Crippen LogP) is 3.91. The van der Waals surface area contributed by atoms with Crippen LogP contribution in [-0.4, -0.2) is 26.9 Å². The van der Waals surface area contributed by atoms with Crippen LogP contribution in [0.2, 0.25) is 0 Å². The molecule has 1 saturated heterocycles. The highest BCUT2D eigenvalue weighted by Crippen LogP contribution is 2.32. The van der Waals surface area contributed by atoms with Gasteiger partial charge in [-0.1, -0.05) is 24.3 Å². The number of nitrogens with zero attached hydrogens (tertiary/aromatic N) is 3. The maximum absolute atomic E-state index is 13.4. The van der Waals surface area contributed by atoms with Crippen molar-refractivity contribution in [1.82, 2.24) is 14.5 Å². The Kier molecular flexibility index (Phi) is 4.35. The van der Waals surface area contributed by atoms with Gasteiger partial charge in [0, 0.05) is 29.7 Å². The molecule has 5 heteroatoms. The van der Waals surface area contributed by atoms with E-state index in [1.807, 2.05) is 70.1 Å². The molecule has 1 fully saturated rings. The van der Waals surface area contributed by atoms with Crippen molar-refractivity contribution in [2.45, 2.75) is 25.4 Å². The number of aromatic nitrogens is 2. The second-order valence-electron chi connectivity index (χ2n) is 7.48. The lowest BCUT2D eigenvalue weighted by Crippen LogP contribution is -2.34. The third-order valence-corrected chi connectivity index (χ3v) is 5.84. The smallest absolute Gasteiger partial charge is 0.243 e. The fourth-order valence-electron chi connectivity index (χ4n) is 4.47. The number of hydrogen-bond acceptors (Lipinski definition) is 3. The third-order valence-electron chi connectivity index (χ3n) is 5.84.